The normalized spacial score (nSPS) is 11.6. The third kappa shape index (κ3) is 4.56. The molecule has 0 saturated heterocycles. The van der Waals surface area contributed by atoms with E-state index in [0.29, 0.717) is 5.69 Å². The number of hydrogen-bond donors (Lipinski definition) is 2. The molecule has 0 spiro atoms. The fourth-order valence-electron chi connectivity index (χ4n) is 0.948. The van der Waals surface area contributed by atoms with Crippen LogP contribution >= 0.6 is 0 Å². The predicted octanol–water partition coefficient (Wildman–Crippen LogP) is 0.551. The lowest BCUT2D eigenvalue weighted by molar-refractivity contribution is -0.131. The molecule has 0 atom stereocenters. The van der Waals surface area contributed by atoms with E-state index in [9.17, 15) is 13.2 Å². The quantitative estimate of drug-likeness (QED) is 0.751. The minimum atomic E-state index is -3.38. The molecule has 0 amide bonds. The molecule has 86 valence electrons. The Balaban J connectivity index is 2.91. The lowest BCUT2D eigenvalue weighted by atomic mass is 10.3. The highest BCUT2D eigenvalue weighted by Gasteiger charge is 2.02. The van der Waals surface area contributed by atoms with Gasteiger partial charge in [-0.15, -0.1) is 0 Å². The summed E-state index contributed by atoms with van der Waals surface area (Å²) in [6.07, 6.45) is 3.21. The lowest BCUT2D eigenvalue weighted by Gasteiger charge is -2.02. The maximum Gasteiger partial charge on any atom is 0.328 e. The van der Waals surface area contributed by atoms with Crippen molar-refractivity contribution in [2.24, 2.45) is 0 Å². The molecule has 0 radical (unpaired) electrons. The van der Waals surface area contributed by atoms with Crippen LogP contribution in [0.2, 0.25) is 0 Å². The Morgan fingerprint density at radius 2 is 2.19 bits per heavy atom. The molecule has 0 saturated carbocycles. The smallest absolute Gasteiger partial charge is 0.328 e. The predicted molar refractivity (Wildman–Crippen MR) is 59.4 cm³/mol. The van der Waals surface area contributed by atoms with E-state index >= 15 is 0 Å². The Morgan fingerprint density at radius 1 is 1.50 bits per heavy atom. The van der Waals surface area contributed by atoms with Crippen molar-refractivity contribution in [1.82, 2.24) is 4.98 Å². The van der Waals surface area contributed by atoms with E-state index in [2.05, 4.69) is 9.71 Å². The molecule has 0 unspecified atom stereocenters. The first-order valence-corrected chi connectivity index (χ1v) is 6.12. The molecule has 1 aromatic rings. The highest BCUT2D eigenvalue weighted by molar-refractivity contribution is 7.92. The molecular formula is C9H10N2O4S. The summed E-state index contributed by atoms with van der Waals surface area (Å²) in [5.41, 5.74) is 0.357. The van der Waals surface area contributed by atoms with Crippen LogP contribution in [0.15, 0.2) is 24.3 Å². The molecule has 0 aliphatic carbocycles. The van der Waals surface area contributed by atoms with E-state index in [4.69, 9.17) is 5.11 Å². The van der Waals surface area contributed by atoms with Gasteiger partial charge < -0.3 is 5.11 Å². The van der Waals surface area contributed by atoms with Crippen LogP contribution in [-0.4, -0.2) is 30.7 Å². The number of anilines is 1. The van der Waals surface area contributed by atoms with Crippen LogP contribution in [0.25, 0.3) is 6.08 Å². The van der Waals surface area contributed by atoms with Crippen LogP contribution in [0, 0.1) is 0 Å². The number of nitrogens with one attached hydrogen (secondary N) is 1. The van der Waals surface area contributed by atoms with E-state index in [1.807, 2.05) is 0 Å². The van der Waals surface area contributed by atoms with Gasteiger partial charge in [-0.25, -0.2) is 18.2 Å². The fourth-order valence-corrected chi connectivity index (χ4v) is 1.44. The molecule has 1 heterocycles. The van der Waals surface area contributed by atoms with E-state index in [0.717, 1.165) is 12.3 Å². The summed E-state index contributed by atoms with van der Waals surface area (Å²) in [5, 5.41) is 8.40. The monoisotopic (exact) mass is 242 g/mol. The van der Waals surface area contributed by atoms with E-state index < -0.39 is 16.0 Å². The summed E-state index contributed by atoms with van der Waals surface area (Å²) in [5.74, 6) is -0.946. The van der Waals surface area contributed by atoms with Gasteiger partial charge in [0.15, 0.2) is 0 Å². The number of aromatic nitrogens is 1. The molecule has 0 fully saturated rings. The van der Waals surface area contributed by atoms with Crippen LogP contribution < -0.4 is 4.72 Å². The zero-order valence-electron chi connectivity index (χ0n) is 8.41. The minimum absolute atomic E-state index is 0.148. The molecule has 6 nitrogen and oxygen atoms in total. The zero-order valence-corrected chi connectivity index (χ0v) is 9.23. The minimum Gasteiger partial charge on any atom is -0.478 e. The van der Waals surface area contributed by atoms with Gasteiger partial charge in [0, 0.05) is 6.08 Å². The van der Waals surface area contributed by atoms with Crippen LogP contribution in [0.4, 0.5) is 5.82 Å². The Bertz CT molecular complexity index is 522. The zero-order chi connectivity index (χ0) is 12.2. The first-order chi connectivity index (χ1) is 7.37. The number of nitrogens with zero attached hydrogens (tertiary/aromatic N) is 1. The molecule has 0 aliphatic heterocycles. The van der Waals surface area contributed by atoms with E-state index in [1.165, 1.54) is 12.1 Å². The van der Waals surface area contributed by atoms with Crippen molar-refractivity contribution < 1.29 is 18.3 Å². The van der Waals surface area contributed by atoms with Crippen LogP contribution in [-0.2, 0) is 14.8 Å². The summed E-state index contributed by atoms with van der Waals surface area (Å²) >= 11 is 0. The SMILES string of the molecule is CS(=O)(=O)Nc1cccc(/C=C/C(=O)O)n1. The van der Waals surface area contributed by atoms with Gasteiger partial charge in [-0.3, -0.25) is 4.72 Å². The van der Waals surface area contributed by atoms with Gasteiger partial charge in [0.2, 0.25) is 10.0 Å². The summed E-state index contributed by atoms with van der Waals surface area (Å²) < 4.78 is 24.0. The van der Waals surface area contributed by atoms with Crippen molar-refractivity contribution in [1.29, 1.82) is 0 Å². The average molecular weight is 242 g/mol. The van der Waals surface area contributed by atoms with Gasteiger partial charge in [-0.1, -0.05) is 6.07 Å². The fraction of sp³-hybridized carbons (Fsp3) is 0.111. The Labute approximate surface area is 92.7 Å². The Morgan fingerprint density at radius 3 is 2.75 bits per heavy atom. The lowest BCUT2D eigenvalue weighted by Crippen LogP contribution is -2.10. The number of sulfonamides is 1. The second kappa shape index (κ2) is 4.75. The summed E-state index contributed by atoms with van der Waals surface area (Å²) in [7, 11) is -3.38. The first kappa shape index (κ1) is 12.2. The third-order valence-corrected chi connectivity index (χ3v) is 2.04. The molecule has 7 heteroatoms. The third-order valence-electron chi connectivity index (χ3n) is 1.46. The summed E-state index contributed by atoms with van der Waals surface area (Å²) in [6.45, 7) is 0. The second-order valence-electron chi connectivity index (χ2n) is 2.99. The highest BCUT2D eigenvalue weighted by atomic mass is 32.2. The molecule has 0 aliphatic rings. The number of aliphatic carboxylic acids is 1. The second-order valence-corrected chi connectivity index (χ2v) is 4.74. The van der Waals surface area contributed by atoms with Gasteiger partial charge in [0.25, 0.3) is 0 Å². The highest BCUT2D eigenvalue weighted by Crippen LogP contribution is 2.07. The largest absolute Gasteiger partial charge is 0.478 e. The van der Waals surface area contributed by atoms with Crippen molar-refractivity contribution in [3.8, 4) is 0 Å². The van der Waals surface area contributed by atoms with Gasteiger partial charge in [-0.05, 0) is 18.2 Å². The molecule has 0 aromatic carbocycles. The molecule has 2 N–H and O–H groups in total. The van der Waals surface area contributed by atoms with Crippen LogP contribution in [0.1, 0.15) is 5.69 Å². The molecule has 1 rings (SSSR count). The number of rotatable bonds is 4. The maximum absolute atomic E-state index is 10.9. The molecule has 0 bridgehead atoms. The van der Waals surface area contributed by atoms with Crippen LogP contribution in [0.3, 0.4) is 0 Å². The Kier molecular flexibility index (Phi) is 3.62. The van der Waals surface area contributed by atoms with Crippen LogP contribution in [0.5, 0.6) is 0 Å². The number of carboxylic acids is 1. The summed E-state index contributed by atoms with van der Waals surface area (Å²) in [4.78, 5) is 14.1. The molecular weight excluding hydrogens is 232 g/mol. The van der Waals surface area contributed by atoms with Gasteiger partial charge in [-0.2, -0.15) is 0 Å². The average Bonchev–Trinajstić information content (AvgIpc) is 2.12. The Hall–Kier alpha value is -1.89. The van der Waals surface area contributed by atoms with Gasteiger partial charge >= 0.3 is 5.97 Å². The van der Waals surface area contributed by atoms with Crippen molar-refractivity contribution in [3.05, 3.63) is 30.0 Å². The van der Waals surface area contributed by atoms with E-state index in [-0.39, 0.29) is 5.82 Å². The van der Waals surface area contributed by atoms with Crippen molar-refractivity contribution in [2.75, 3.05) is 11.0 Å². The maximum atomic E-state index is 10.9. The molecule has 1 aromatic heterocycles. The van der Waals surface area contributed by atoms with Crippen molar-refractivity contribution >= 4 is 27.9 Å². The first-order valence-electron chi connectivity index (χ1n) is 4.23. The standard InChI is InChI=1S/C9H10N2O4S/c1-16(14,15)11-8-4-2-3-7(10-8)5-6-9(12)13/h2-6H,1H3,(H,10,11)(H,12,13)/b6-5+. The van der Waals surface area contributed by atoms with Gasteiger partial charge in [0.05, 0.1) is 11.9 Å². The number of carbonyl (C=O) groups is 1. The number of pyridine rings is 1. The number of carboxylic acid groups (broad SMARTS) is 1. The van der Waals surface area contributed by atoms with Gasteiger partial charge in [0.1, 0.15) is 5.82 Å². The number of hydrogen-bond acceptors (Lipinski definition) is 4. The van der Waals surface area contributed by atoms with Crippen molar-refractivity contribution in [2.45, 2.75) is 0 Å². The molecule has 16 heavy (non-hydrogen) atoms. The van der Waals surface area contributed by atoms with E-state index in [1.54, 1.807) is 12.1 Å². The summed E-state index contributed by atoms with van der Waals surface area (Å²) in [6, 6.07) is 4.61. The topological polar surface area (TPSA) is 96.4 Å². The van der Waals surface area contributed by atoms with Crippen molar-refractivity contribution in [3.63, 3.8) is 0 Å².